The number of rotatable bonds is 5. The Morgan fingerprint density at radius 1 is 0.926 bits per heavy atom. The number of benzene rings is 2. The number of hydrogen-bond acceptors (Lipinski definition) is 5. The van der Waals surface area contributed by atoms with E-state index >= 15 is 0 Å². The van der Waals surface area contributed by atoms with Crippen LogP contribution in [-0.2, 0) is 10.0 Å². The van der Waals surface area contributed by atoms with E-state index in [0.29, 0.717) is 37.6 Å². The summed E-state index contributed by atoms with van der Waals surface area (Å²) in [6.45, 7) is 2.25. The van der Waals surface area contributed by atoms with Crippen molar-refractivity contribution in [3.8, 4) is 0 Å². The van der Waals surface area contributed by atoms with Gasteiger partial charge in [-0.1, -0.05) is 36.4 Å². The Kier molecular flexibility index (Phi) is 5.10. The second-order valence-corrected chi connectivity index (χ2v) is 9.48. The van der Waals surface area contributed by atoms with Gasteiger partial charge in [-0.2, -0.15) is 4.31 Å². The molecule has 2 heterocycles. The fourth-order valence-electron chi connectivity index (χ4n) is 3.32. The number of carbonyl (C=O) groups is 1. The van der Waals surface area contributed by atoms with Crippen LogP contribution < -0.4 is 0 Å². The Bertz CT molecular complexity index is 1050. The second-order valence-electron chi connectivity index (χ2n) is 6.59. The summed E-state index contributed by atoms with van der Waals surface area (Å²) in [5.41, 5.74) is 0. The zero-order valence-electron chi connectivity index (χ0n) is 14.7. The summed E-state index contributed by atoms with van der Waals surface area (Å²) in [7, 11) is -3.52. The molecule has 1 aromatic heterocycles. The van der Waals surface area contributed by atoms with Crippen LogP contribution in [0.2, 0.25) is 0 Å². The molecule has 0 atom stereocenters. The van der Waals surface area contributed by atoms with Crippen molar-refractivity contribution in [1.29, 1.82) is 0 Å². The van der Waals surface area contributed by atoms with Crippen LogP contribution in [-0.4, -0.2) is 56.1 Å². The van der Waals surface area contributed by atoms with Gasteiger partial charge in [-0.25, -0.2) is 8.42 Å². The van der Waals surface area contributed by atoms with Gasteiger partial charge >= 0.3 is 0 Å². The van der Waals surface area contributed by atoms with Gasteiger partial charge in [0.25, 0.3) is 0 Å². The largest absolute Gasteiger partial charge is 0.293 e. The maximum absolute atomic E-state index is 13.0. The first-order valence-corrected chi connectivity index (χ1v) is 11.1. The van der Waals surface area contributed by atoms with Crippen molar-refractivity contribution >= 4 is 37.9 Å². The van der Waals surface area contributed by atoms with Gasteiger partial charge < -0.3 is 0 Å². The minimum atomic E-state index is -3.52. The van der Waals surface area contributed by atoms with Crippen LogP contribution in [0, 0.1) is 0 Å². The Labute approximate surface area is 162 Å². The molecule has 0 radical (unpaired) electrons. The number of Topliss-reactive ketones (excluding diaryl/α,β-unsaturated/α-hetero) is 1. The highest BCUT2D eigenvalue weighted by atomic mass is 32.2. The molecule has 1 aliphatic rings. The van der Waals surface area contributed by atoms with Crippen LogP contribution in [0.1, 0.15) is 9.67 Å². The van der Waals surface area contributed by atoms with E-state index in [4.69, 9.17) is 0 Å². The van der Waals surface area contributed by atoms with Crippen molar-refractivity contribution in [2.75, 3.05) is 32.7 Å². The molecule has 0 unspecified atom stereocenters. The maximum Gasteiger partial charge on any atom is 0.243 e. The average molecular weight is 401 g/mol. The van der Waals surface area contributed by atoms with Crippen molar-refractivity contribution < 1.29 is 13.2 Å². The van der Waals surface area contributed by atoms with E-state index < -0.39 is 10.0 Å². The number of sulfonamides is 1. The molecule has 1 fully saturated rings. The van der Waals surface area contributed by atoms with Gasteiger partial charge in [0, 0.05) is 26.2 Å². The number of hydrogen-bond donors (Lipinski definition) is 0. The summed E-state index contributed by atoms with van der Waals surface area (Å²) in [5, 5.41) is 3.83. The lowest BCUT2D eigenvalue weighted by atomic mass is 10.1. The Morgan fingerprint density at radius 3 is 2.37 bits per heavy atom. The molecule has 0 bridgehead atoms. The third kappa shape index (κ3) is 3.82. The molecule has 0 spiro atoms. The molecule has 4 rings (SSSR count). The Hall–Kier alpha value is -2.06. The first-order chi connectivity index (χ1) is 13.0. The molecule has 7 heteroatoms. The normalized spacial score (nSPS) is 16.6. The monoisotopic (exact) mass is 400 g/mol. The van der Waals surface area contributed by atoms with Crippen molar-refractivity contribution in [2.24, 2.45) is 0 Å². The lowest BCUT2D eigenvalue weighted by Gasteiger charge is -2.33. The van der Waals surface area contributed by atoms with Crippen LogP contribution in [0.4, 0.5) is 0 Å². The van der Waals surface area contributed by atoms with Crippen LogP contribution in [0.15, 0.2) is 64.9 Å². The number of thiophene rings is 1. The van der Waals surface area contributed by atoms with E-state index in [1.807, 2.05) is 52.7 Å². The number of fused-ring (bicyclic) bond motifs is 1. The molecular formula is C20H20N2O3S2. The van der Waals surface area contributed by atoms with Gasteiger partial charge in [0.2, 0.25) is 10.0 Å². The molecule has 5 nitrogen and oxygen atoms in total. The van der Waals surface area contributed by atoms with E-state index in [-0.39, 0.29) is 5.78 Å². The third-order valence-electron chi connectivity index (χ3n) is 4.85. The van der Waals surface area contributed by atoms with Gasteiger partial charge in [-0.05, 0) is 34.4 Å². The SMILES string of the molecule is O=C(CN1CCN(S(=O)(=O)c2ccc3ccccc3c2)CC1)c1cccs1. The van der Waals surface area contributed by atoms with E-state index in [9.17, 15) is 13.2 Å². The quantitative estimate of drug-likeness (QED) is 0.618. The zero-order valence-corrected chi connectivity index (χ0v) is 16.4. The van der Waals surface area contributed by atoms with E-state index in [1.54, 1.807) is 12.1 Å². The summed E-state index contributed by atoms with van der Waals surface area (Å²) in [5.74, 6) is 0.0934. The standard InChI is InChI=1S/C20H20N2O3S2/c23-19(20-6-3-13-26-20)15-21-9-11-22(12-10-21)27(24,25)18-8-7-16-4-1-2-5-17(16)14-18/h1-8,13-14H,9-12,15H2. The molecule has 2 aromatic carbocycles. The summed E-state index contributed by atoms with van der Waals surface area (Å²) in [6.07, 6.45) is 0. The lowest BCUT2D eigenvalue weighted by Crippen LogP contribution is -2.49. The molecule has 0 amide bonds. The van der Waals surface area contributed by atoms with Gasteiger partial charge in [0.15, 0.2) is 5.78 Å². The van der Waals surface area contributed by atoms with E-state index in [1.165, 1.54) is 15.6 Å². The smallest absolute Gasteiger partial charge is 0.243 e. The number of nitrogens with zero attached hydrogens (tertiary/aromatic N) is 2. The van der Waals surface area contributed by atoms with Crippen LogP contribution in [0.25, 0.3) is 10.8 Å². The van der Waals surface area contributed by atoms with Gasteiger partial charge in [-0.3, -0.25) is 9.69 Å². The highest BCUT2D eigenvalue weighted by molar-refractivity contribution is 7.89. The third-order valence-corrected chi connectivity index (χ3v) is 7.66. The predicted octanol–water partition coefficient (Wildman–Crippen LogP) is 3.09. The molecule has 0 N–H and O–H groups in total. The predicted molar refractivity (Wildman–Crippen MR) is 108 cm³/mol. The zero-order chi connectivity index (χ0) is 18.9. The van der Waals surface area contributed by atoms with Crippen molar-refractivity contribution in [3.63, 3.8) is 0 Å². The minimum Gasteiger partial charge on any atom is -0.293 e. The summed E-state index contributed by atoms with van der Waals surface area (Å²) in [6, 6.07) is 16.7. The van der Waals surface area contributed by atoms with Gasteiger partial charge in [0.05, 0.1) is 16.3 Å². The number of carbonyl (C=O) groups excluding carboxylic acids is 1. The van der Waals surface area contributed by atoms with Crippen LogP contribution in [0.3, 0.4) is 0 Å². The molecule has 1 aliphatic heterocycles. The van der Waals surface area contributed by atoms with Crippen molar-refractivity contribution in [3.05, 3.63) is 64.9 Å². The first kappa shape index (κ1) is 18.3. The average Bonchev–Trinajstić information content (AvgIpc) is 3.23. The molecule has 0 saturated carbocycles. The number of piperazine rings is 1. The van der Waals surface area contributed by atoms with Crippen LogP contribution >= 0.6 is 11.3 Å². The fraction of sp³-hybridized carbons (Fsp3) is 0.250. The van der Waals surface area contributed by atoms with Crippen LogP contribution in [0.5, 0.6) is 0 Å². The summed E-state index contributed by atoms with van der Waals surface area (Å²) < 4.78 is 27.5. The Balaban J connectivity index is 1.44. The highest BCUT2D eigenvalue weighted by Crippen LogP contribution is 2.23. The van der Waals surface area contributed by atoms with Gasteiger partial charge in [-0.15, -0.1) is 11.3 Å². The molecule has 0 aliphatic carbocycles. The second kappa shape index (κ2) is 7.52. The van der Waals surface area contributed by atoms with Crippen molar-refractivity contribution in [2.45, 2.75) is 4.90 Å². The molecule has 27 heavy (non-hydrogen) atoms. The highest BCUT2D eigenvalue weighted by Gasteiger charge is 2.29. The fourth-order valence-corrected chi connectivity index (χ4v) is 5.44. The first-order valence-electron chi connectivity index (χ1n) is 8.82. The van der Waals surface area contributed by atoms with Crippen molar-refractivity contribution in [1.82, 2.24) is 9.21 Å². The molecule has 140 valence electrons. The molecule has 1 saturated heterocycles. The maximum atomic E-state index is 13.0. The van der Waals surface area contributed by atoms with E-state index in [0.717, 1.165) is 15.6 Å². The number of ketones is 1. The Morgan fingerprint density at radius 2 is 1.67 bits per heavy atom. The summed E-state index contributed by atoms with van der Waals surface area (Å²) >= 11 is 1.44. The molecular weight excluding hydrogens is 380 g/mol. The summed E-state index contributed by atoms with van der Waals surface area (Å²) in [4.78, 5) is 15.3. The topological polar surface area (TPSA) is 57.7 Å². The van der Waals surface area contributed by atoms with E-state index in [2.05, 4.69) is 0 Å². The van der Waals surface area contributed by atoms with Gasteiger partial charge in [0.1, 0.15) is 0 Å². The molecule has 3 aromatic rings. The minimum absolute atomic E-state index is 0.0934. The lowest BCUT2D eigenvalue weighted by molar-refractivity contribution is 0.0905.